The third-order valence-electron chi connectivity index (χ3n) is 4.07. The molecule has 0 aliphatic rings. The van der Waals surface area contributed by atoms with E-state index in [1.54, 1.807) is 14.2 Å². The van der Waals surface area contributed by atoms with Gasteiger partial charge in [0.05, 0.1) is 31.3 Å². The molecular formula is C19H22N4O3. The van der Waals surface area contributed by atoms with E-state index in [9.17, 15) is 4.79 Å². The molecular weight excluding hydrogens is 332 g/mol. The predicted molar refractivity (Wildman–Crippen MR) is 99.4 cm³/mol. The van der Waals surface area contributed by atoms with Gasteiger partial charge in [-0.2, -0.15) is 0 Å². The fraction of sp³-hybridized carbons (Fsp3) is 0.263. The number of fused-ring (bicyclic) bond motifs is 1. The van der Waals surface area contributed by atoms with E-state index >= 15 is 0 Å². The number of rotatable bonds is 6. The maximum absolute atomic E-state index is 12.2. The molecule has 136 valence electrons. The van der Waals surface area contributed by atoms with Crippen molar-refractivity contribution in [3.05, 3.63) is 53.9 Å². The second kappa shape index (κ2) is 7.77. The number of urea groups is 1. The van der Waals surface area contributed by atoms with Crippen LogP contribution in [0.15, 0.2) is 42.5 Å². The Morgan fingerprint density at radius 2 is 1.92 bits per heavy atom. The molecule has 0 aliphatic carbocycles. The second-order valence-electron chi connectivity index (χ2n) is 5.88. The fourth-order valence-electron chi connectivity index (χ4n) is 2.67. The number of hydrogen-bond acceptors (Lipinski definition) is 4. The van der Waals surface area contributed by atoms with Gasteiger partial charge in [0.2, 0.25) is 0 Å². The molecule has 1 heterocycles. The van der Waals surface area contributed by atoms with Gasteiger partial charge in [-0.25, -0.2) is 9.78 Å². The largest absolute Gasteiger partial charge is 0.493 e. The highest BCUT2D eigenvalue weighted by atomic mass is 16.5. The van der Waals surface area contributed by atoms with Crippen molar-refractivity contribution in [1.29, 1.82) is 0 Å². The highest BCUT2D eigenvalue weighted by Gasteiger charge is 2.13. The van der Waals surface area contributed by atoms with Gasteiger partial charge in [-0.3, -0.25) is 0 Å². The van der Waals surface area contributed by atoms with Crippen molar-refractivity contribution in [2.75, 3.05) is 14.2 Å². The first-order valence-electron chi connectivity index (χ1n) is 8.30. The quantitative estimate of drug-likeness (QED) is 0.634. The van der Waals surface area contributed by atoms with Gasteiger partial charge in [-0.1, -0.05) is 18.2 Å². The molecule has 3 N–H and O–H groups in total. The summed E-state index contributed by atoms with van der Waals surface area (Å²) in [5, 5.41) is 5.71. The fourth-order valence-corrected chi connectivity index (χ4v) is 2.67. The summed E-state index contributed by atoms with van der Waals surface area (Å²) in [6, 6.07) is 12.8. The molecule has 0 fully saturated rings. The number of imidazole rings is 1. The standard InChI is InChI=1S/C19H22N4O3/c1-12(18-22-14-6-4-5-7-15(14)23-18)21-19(24)20-11-13-8-9-16(25-2)17(10-13)26-3/h4-10,12H,11H2,1-3H3,(H,22,23)(H2,20,21,24)/t12-/m1/s1. The number of carbonyl (C=O) groups excluding carboxylic acids is 1. The van der Waals surface area contributed by atoms with Crippen molar-refractivity contribution in [2.24, 2.45) is 0 Å². The average molecular weight is 354 g/mol. The van der Waals surface area contributed by atoms with Crippen LogP contribution in [0.25, 0.3) is 11.0 Å². The molecule has 0 saturated carbocycles. The zero-order valence-electron chi connectivity index (χ0n) is 15.0. The molecule has 1 aromatic heterocycles. The molecule has 1 atom stereocenters. The Morgan fingerprint density at radius 1 is 1.15 bits per heavy atom. The number of aromatic nitrogens is 2. The normalized spacial score (nSPS) is 11.8. The molecule has 0 aliphatic heterocycles. The van der Waals surface area contributed by atoms with Gasteiger partial charge < -0.3 is 25.1 Å². The molecule has 2 aromatic carbocycles. The van der Waals surface area contributed by atoms with Crippen molar-refractivity contribution in [3.63, 3.8) is 0 Å². The molecule has 0 unspecified atom stereocenters. The number of amides is 2. The Morgan fingerprint density at radius 3 is 2.65 bits per heavy atom. The highest BCUT2D eigenvalue weighted by Crippen LogP contribution is 2.27. The van der Waals surface area contributed by atoms with Gasteiger partial charge in [0.25, 0.3) is 0 Å². The summed E-state index contributed by atoms with van der Waals surface area (Å²) in [4.78, 5) is 19.9. The SMILES string of the molecule is COc1ccc(CNC(=O)N[C@H](C)c2nc3ccccc3[nH]2)cc1OC. The van der Waals surface area contributed by atoms with Crippen LogP contribution >= 0.6 is 0 Å². The van der Waals surface area contributed by atoms with Gasteiger partial charge in [-0.15, -0.1) is 0 Å². The minimum atomic E-state index is -0.271. The van der Waals surface area contributed by atoms with Crippen LogP contribution < -0.4 is 20.1 Å². The van der Waals surface area contributed by atoms with E-state index in [1.807, 2.05) is 49.4 Å². The lowest BCUT2D eigenvalue weighted by atomic mass is 10.2. The van der Waals surface area contributed by atoms with Crippen LogP contribution in [-0.4, -0.2) is 30.2 Å². The van der Waals surface area contributed by atoms with Crippen LogP contribution in [0.3, 0.4) is 0 Å². The van der Waals surface area contributed by atoms with E-state index < -0.39 is 0 Å². The first kappa shape index (κ1) is 17.6. The van der Waals surface area contributed by atoms with E-state index in [4.69, 9.17) is 9.47 Å². The Labute approximate surface area is 151 Å². The van der Waals surface area contributed by atoms with E-state index in [1.165, 1.54) is 0 Å². The van der Waals surface area contributed by atoms with Crippen molar-refractivity contribution in [2.45, 2.75) is 19.5 Å². The molecule has 3 aromatic rings. The summed E-state index contributed by atoms with van der Waals surface area (Å²) in [6.45, 7) is 2.26. The van der Waals surface area contributed by atoms with Gasteiger partial charge >= 0.3 is 6.03 Å². The molecule has 0 radical (unpaired) electrons. The lowest BCUT2D eigenvalue weighted by Gasteiger charge is -2.13. The maximum Gasteiger partial charge on any atom is 0.315 e. The smallest absolute Gasteiger partial charge is 0.315 e. The minimum Gasteiger partial charge on any atom is -0.493 e. The van der Waals surface area contributed by atoms with E-state index in [2.05, 4.69) is 20.6 Å². The Balaban J connectivity index is 1.58. The molecule has 3 rings (SSSR count). The van der Waals surface area contributed by atoms with Crippen LogP contribution in [0.4, 0.5) is 4.79 Å². The summed E-state index contributed by atoms with van der Waals surface area (Å²) < 4.78 is 10.5. The van der Waals surface area contributed by atoms with E-state index in [0.717, 1.165) is 16.6 Å². The number of hydrogen-bond donors (Lipinski definition) is 3. The van der Waals surface area contributed by atoms with Crippen molar-refractivity contribution >= 4 is 17.1 Å². The number of ether oxygens (including phenoxy) is 2. The van der Waals surface area contributed by atoms with Crippen molar-refractivity contribution in [1.82, 2.24) is 20.6 Å². The van der Waals surface area contributed by atoms with Crippen LogP contribution in [0.2, 0.25) is 0 Å². The molecule has 7 heteroatoms. The molecule has 0 spiro atoms. The monoisotopic (exact) mass is 354 g/mol. The summed E-state index contributed by atoms with van der Waals surface area (Å²) in [5.41, 5.74) is 2.73. The Kier molecular flexibility index (Phi) is 5.26. The van der Waals surface area contributed by atoms with Crippen LogP contribution in [-0.2, 0) is 6.54 Å². The third kappa shape index (κ3) is 3.88. The molecule has 0 bridgehead atoms. The van der Waals surface area contributed by atoms with Crippen molar-refractivity contribution in [3.8, 4) is 11.5 Å². The van der Waals surface area contributed by atoms with Gasteiger partial charge in [0, 0.05) is 6.54 Å². The van der Waals surface area contributed by atoms with E-state index in [0.29, 0.717) is 23.9 Å². The van der Waals surface area contributed by atoms with E-state index in [-0.39, 0.29) is 12.1 Å². The minimum absolute atomic E-state index is 0.243. The Bertz CT molecular complexity index is 874. The number of nitrogens with zero attached hydrogens (tertiary/aromatic N) is 1. The number of para-hydroxylation sites is 2. The van der Waals surface area contributed by atoms with Crippen LogP contribution in [0.1, 0.15) is 24.4 Å². The average Bonchev–Trinajstić information content (AvgIpc) is 3.10. The maximum atomic E-state index is 12.2. The second-order valence-corrected chi connectivity index (χ2v) is 5.88. The number of carbonyl (C=O) groups is 1. The molecule has 0 saturated heterocycles. The summed E-state index contributed by atoms with van der Waals surface area (Å²) >= 11 is 0. The summed E-state index contributed by atoms with van der Waals surface area (Å²) in [5.74, 6) is 1.99. The summed E-state index contributed by atoms with van der Waals surface area (Å²) in [7, 11) is 3.17. The number of nitrogens with one attached hydrogen (secondary N) is 3. The van der Waals surface area contributed by atoms with Gasteiger partial charge in [0.15, 0.2) is 11.5 Å². The lowest BCUT2D eigenvalue weighted by molar-refractivity contribution is 0.237. The highest BCUT2D eigenvalue weighted by molar-refractivity contribution is 5.76. The van der Waals surface area contributed by atoms with Gasteiger partial charge in [0.1, 0.15) is 5.82 Å². The Hall–Kier alpha value is -3.22. The van der Waals surface area contributed by atoms with Crippen LogP contribution in [0, 0.1) is 0 Å². The predicted octanol–water partition coefficient (Wildman–Crippen LogP) is 3.14. The third-order valence-corrected chi connectivity index (χ3v) is 4.07. The number of methoxy groups -OCH3 is 2. The first-order chi connectivity index (χ1) is 12.6. The zero-order chi connectivity index (χ0) is 18.5. The molecule has 26 heavy (non-hydrogen) atoms. The number of aromatic amines is 1. The number of H-pyrrole nitrogens is 1. The first-order valence-corrected chi connectivity index (χ1v) is 8.30. The van der Waals surface area contributed by atoms with Crippen LogP contribution in [0.5, 0.6) is 11.5 Å². The van der Waals surface area contributed by atoms with Crippen molar-refractivity contribution < 1.29 is 14.3 Å². The lowest BCUT2D eigenvalue weighted by Crippen LogP contribution is -2.37. The van der Waals surface area contributed by atoms with Gasteiger partial charge in [-0.05, 0) is 36.8 Å². The molecule has 7 nitrogen and oxygen atoms in total. The zero-order valence-corrected chi connectivity index (χ0v) is 15.0. The topological polar surface area (TPSA) is 88.3 Å². The molecule has 2 amide bonds. The summed E-state index contributed by atoms with van der Waals surface area (Å²) in [6.07, 6.45) is 0. The number of benzene rings is 2.